The van der Waals surface area contributed by atoms with Gasteiger partial charge in [0, 0.05) is 12.2 Å². The highest BCUT2D eigenvalue weighted by molar-refractivity contribution is 6.33. The molecule has 2 aliphatic heterocycles. The van der Waals surface area contributed by atoms with Gasteiger partial charge in [-0.25, -0.2) is 4.79 Å². The van der Waals surface area contributed by atoms with Crippen LogP contribution in [0, 0.1) is 18.3 Å². The average molecular weight is 306 g/mol. The summed E-state index contributed by atoms with van der Waals surface area (Å²) in [5.41, 5.74) is 1.84. The maximum absolute atomic E-state index is 12.5. The highest BCUT2D eigenvalue weighted by Gasteiger charge is 2.43. The summed E-state index contributed by atoms with van der Waals surface area (Å²) in [4.78, 5) is 15.9. The van der Waals surface area contributed by atoms with Crippen LogP contribution in [-0.4, -0.2) is 41.3 Å². The minimum Gasteiger partial charge on any atom is -0.391 e. The van der Waals surface area contributed by atoms with Crippen molar-refractivity contribution in [2.75, 3.05) is 18.0 Å². The van der Waals surface area contributed by atoms with Crippen LogP contribution in [0.1, 0.15) is 24.0 Å². The van der Waals surface area contributed by atoms with E-state index >= 15 is 0 Å². The zero-order chi connectivity index (χ0) is 15.1. The summed E-state index contributed by atoms with van der Waals surface area (Å²) in [7, 11) is 0. The lowest BCUT2D eigenvalue weighted by Crippen LogP contribution is -2.46. The Morgan fingerprint density at radius 3 is 2.90 bits per heavy atom. The number of aliphatic hydroxyl groups is 1. The van der Waals surface area contributed by atoms with E-state index in [4.69, 9.17) is 16.9 Å². The summed E-state index contributed by atoms with van der Waals surface area (Å²) in [6.07, 6.45) is 1.08. The van der Waals surface area contributed by atoms with Gasteiger partial charge in [0.1, 0.15) is 6.07 Å². The molecule has 21 heavy (non-hydrogen) atoms. The number of benzene rings is 1. The molecule has 2 amide bonds. The molecule has 1 aromatic rings. The van der Waals surface area contributed by atoms with Crippen molar-refractivity contribution >= 4 is 23.3 Å². The van der Waals surface area contributed by atoms with Gasteiger partial charge in [0.15, 0.2) is 0 Å². The lowest BCUT2D eigenvalue weighted by molar-refractivity contribution is 0.0518. The third kappa shape index (κ3) is 2.15. The Bertz CT molecular complexity index is 641. The molecule has 0 spiro atoms. The molecule has 3 rings (SSSR count). The summed E-state index contributed by atoms with van der Waals surface area (Å²) in [6.45, 7) is 2.95. The minimum atomic E-state index is -0.471. The number of piperidine rings is 1. The predicted octanol–water partition coefficient (Wildman–Crippen LogP) is 2.29. The summed E-state index contributed by atoms with van der Waals surface area (Å²) < 4.78 is 0. The fraction of sp³-hybridized carbons (Fsp3) is 0.467. The zero-order valence-corrected chi connectivity index (χ0v) is 12.5. The SMILES string of the molecule is Cc1c(N2C[C@H]3[C@H](O)CCCN3C2=O)ccc(C#N)c1Cl. The van der Waals surface area contributed by atoms with Crippen molar-refractivity contribution < 1.29 is 9.90 Å². The Morgan fingerprint density at radius 1 is 1.48 bits per heavy atom. The molecule has 0 radical (unpaired) electrons. The van der Waals surface area contributed by atoms with Crippen LogP contribution >= 0.6 is 11.6 Å². The van der Waals surface area contributed by atoms with E-state index in [2.05, 4.69) is 0 Å². The first-order valence-corrected chi connectivity index (χ1v) is 7.37. The van der Waals surface area contributed by atoms with Gasteiger partial charge in [0.05, 0.1) is 29.3 Å². The zero-order valence-electron chi connectivity index (χ0n) is 11.7. The first-order valence-electron chi connectivity index (χ1n) is 7.00. The van der Waals surface area contributed by atoms with Crippen LogP contribution in [0.5, 0.6) is 0 Å². The van der Waals surface area contributed by atoms with Crippen LogP contribution in [0.2, 0.25) is 5.02 Å². The number of hydrogen-bond acceptors (Lipinski definition) is 3. The molecule has 2 fully saturated rings. The molecule has 0 unspecified atom stereocenters. The number of anilines is 1. The van der Waals surface area contributed by atoms with Crippen molar-refractivity contribution in [2.24, 2.45) is 0 Å². The standard InChI is InChI=1S/C15H16ClN3O2/c1-9-11(5-4-10(7-17)14(9)16)19-8-12-13(20)3-2-6-18(12)15(19)21/h4-5,12-13,20H,2-3,6,8H2,1H3/t12-,13+/m0/s1. The average Bonchev–Trinajstić information content (AvgIpc) is 2.81. The third-order valence-electron chi connectivity index (χ3n) is 4.36. The van der Waals surface area contributed by atoms with Crippen molar-refractivity contribution in [1.82, 2.24) is 4.90 Å². The van der Waals surface area contributed by atoms with E-state index in [1.54, 1.807) is 28.9 Å². The van der Waals surface area contributed by atoms with Crippen LogP contribution in [0.15, 0.2) is 12.1 Å². The summed E-state index contributed by atoms with van der Waals surface area (Å²) >= 11 is 6.18. The molecule has 0 bridgehead atoms. The maximum atomic E-state index is 12.5. The first-order chi connectivity index (χ1) is 10.0. The quantitative estimate of drug-likeness (QED) is 0.865. The number of nitriles is 1. The van der Waals surface area contributed by atoms with E-state index in [1.807, 2.05) is 6.07 Å². The van der Waals surface area contributed by atoms with Gasteiger partial charge in [0.2, 0.25) is 0 Å². The Kier molecular flexibility index (Phi) is 3.52. The molecule has 2 heterocycles. The van der Waals surface area contributed by atoms with E-state index in [0.717, 1.165) is 18.4 Å². The predicted molar refractivity (Wildman–Crippen MR) is 79.4 cm³/mol. The second kappa shape index (κ2) is 5.21. The Labute approximate surface area is 128 Å². The molecule has 2 saturated heterocycles. The number of rotatable bonds is 1. The summed E-state index contributed by atoms with van der Waals surface area (Å²) in [6, 6.07) is 5.17. The molecule has 0 saturated carbocycles. The fourth-order valence-electron chi connectivity index (χ4n) is 3.17. The van der Waals surface area contributed by atoms with Crippen LogP contribution in [0.3, 0.4) is 0 Å². The number of fused-ring (bicyclic) bond motifs is 1. The Hall–Kier alpha value is -1.77. The molecule has 1 aromatic carbocycles. The fourth-order valence-corrected chi connectivity index (χ4v) is 3.37. The smallest absolute Gasteiger partial charge is 0.324 e. The van der Waals surface area contributed by atoms with Gasteiger partial charge in [-0.05, 0) is 37.5 Å². The highest BCUT2D eigenvalue weighted by Crippen LogP contribution is 2.35. The molecule has 5 nitrogen and oxygen atoms in total. The molecule has 0 aliphatic carbocycles. The second-order valence-electron chi connectivity index (χ2n) is 5.55. The van der Waals surface area contributed by atoms with E-state index in [1.165, 1.54) is 0 Å². The number of carbonyl (C=O) groups excluding carboxylic acids is 1. The van der Waals surface area contributed by atoms with E-state index in [0.29, 0.717) is 29.4 Å². The molecule has 1 N–H and O–H groups in total. The van der Waals surface area contributed by atoms with E-state index in [-0.39, 0.29) is 12.1 Å². The highest BCUT2D eigenvalue weighted by atomic mass is 35.5. The van der Waals surface area contributed by atoms with Crippen molar-refractivity contribution in [3.05, 3.63) is 28.3 Å². The van der Waals surface area contributed by atoms with Gasteiger partial charge in [-0.2, -0.15) is 5.26 Å². The number of amides is 2. The van der Waals surface area contributed by atoms with E-state index < -0.39 is 6.10 Å². The molecule has 6 heteroatoms. The van der Waals surface area contributed by atoms with Gasteiger partial charge >= 0.3 is 6.03 Å². The van der Waals surface area contributed by atoms with Crippen LogP contribution in [0.4, 0.5) is 10.5 Å². The number of nitrogens with zero attached hydrogens (tertiary/aromatic N) is 3. The number of urea groups is 1. The van der Waals surface area contributed by atoms with E-state index in [9.17, 15) is 9.90 Å². The lowest BCUT2D eigenvalue weighted by atomic mass is 10.0. The Balaban J connectivity index is 1.97. The van der Waals surface area contributed by atoms with Crippen molar-refractivity contribution in [1.29, 1.82) is 5.26 Å². The number of halogens is 1. The van der Waals surface area contributed by atoms with Crippen molar-refractivity contribution in [2.45, 2.75) is 31.9 Å². The van der Waals surface area contributed by atoms with Gasteiger partial charge in [-0.3, -0.25) is 4.90 Å². The van der Waals surface area contributed by atoms with Crippen molar-refractivity contribution in [3.8, 4) is 6.07 Å². The molecular weight excluding hydrogens is 290 g/mol. The Morgan fingerprint density at radius 2 is 2.24 bits per heavy atom. The van der Waals surface area contributed by atoms with Crippen LogP contribution in [-0.2, 0) is 0 Å². The molecule has 110 valence electrons. The van der Waals surface area contributed by atoms with Gasteiger partial charge in [-0.15, -0.1) is 0 Å². The summed E-state index contributed by atoms with van der Waals surface area (Å²) in [5.74, 6) is 0. The van der Waals surface area contributed by atoms with Crippen LogP contribution < -0.4 is 4.90 Å². The number of carbonyl (C=O) groups is 1. The number of hydrogen-bond donors (Lipinski definition) is 1. The lowest BCUT2D eigenvalue weighted by Gasteiger charge is -2.31. The molecular formula is C15H16ClN3O2. The largest absolute Gasteiger partial charge is 0.391 e. The van der Waals surface area contributed by atoms with Gasteiger partial charge in [0.25, 0.3) is 0 Å². The maximum Gasteiger partial charge on any atom is 0.324 e. The second-order valence-corrected chi connectivity index (χ2v) is 5.92. The summed E-state index contributed by atoms with van der Waals surface area (Å²) in [5, 5.41) is 19.5. The van der Waals surface area contributed by atoms with Gasteiger partial charge < -0.3 is 10.0 Å². The van der Waals surface area contributed by atoms with Crippen molar-refractivity contribution in [3.63, 3.8) is 0 Å². The minimum absolute atomic E-state index is 0.0948. The molecule has 2 aliphatic rings. The van der Waals surface area contributed by atoms with Gasteiger partial charge in [-0.1, -0.05) is 11.6 Å². The first kappa shape index (κ1) is 14.2. The van der Waals surface area contributed by atoms with Crippen LogP contribution in [0.25, 0.3) is 0 Å². The number of aliphatic hydroxyl groups excluding tert-OH is 1. The monoisotopic (exact) mass is 305 g/mol. The topological polar surface area (TPSA) is 67.6 Å². The molecule has 2 atom stereocenters. The normalized spacial score (nSPS) is 25.0. The third-order valence-corrected chi connectivity index (χ3v) is 4.85. The molecule has 0 aromatic heterocycles.